The first-order valence-corrected chi connectivity index (χ1v) is 9.64. The first-order valence-electron chi connectivity index (χ1n) is 8.76. The molecule has 3 rings (SSSR count). The van der Waals surface area contributed by atoms with E-state index in [1.165, 1.54) is 7.11 Å². The molecule has 1 aromatic carbocycles. The number of nitrogens with zero attached hydrogens (tertiary/aromatic N) is 1. The number of ether oxygens (including phenoxy) is 2. The summed E-state index contributed by atoms with van der Waals surface area (Å²) < 4.78 is 10.4. The molecule has 1 aromatic rings. The van der Waals surface area contributed by atoms with Gasteiger partial charge < -0.3 is 19.7 Å². The Bertz CT molecular complexity index is 747. The van der Waals surface area contributed by atoms with E-state index in [-0.39, 0.29) is 21.9 Å². The van der Waals surface area contributed by atoms with Crippen LogP contribution < -0.4 is 14.8 Å². The highest BCUT2D eigenvalue weighted by molar-refractivity contribution is 8.01. The summed E-state index contributed by atoms with van der Waals surface area (Å²) in [5.74, 6) is 1.02. The number of benzene rings is 1. The van der Waals surface area contributed by atoms with Crippen molar-refractivity contribution in [2.45, 2.75) is 43.9 Å². The molecule has 2 aliphatic heterocycles. The van der Waals surface area contributed by atoms with E-state index in [1.807, 2.05) is 39.8 Å². The minimum Gasteiger partial charge on any atom is -0.493 e. The summed E-state index contributed by atoms with van der Waals surface area (Å²) in [6.07, 6.45) is 0. The third-order valence-electron chi connectivity index (χ3n) is 4.83. The van der Waals surface area contributed by atoms with Crippen molar-refractivity contribution in [2.75, 3.05) is 20.8 Å². The van der Waals surface area contributed by atoms with E-state index in [0.29, 0.717) is 29.5 Å². The van der Waals surface area contributed by atoms with Crippen LogP contribution in [-0.2, 0) is 4.79 Å². The van der Waals surface area contributed by atoms with Crippen molar-refractivity contribution in [3.63, 3.8) is 0 Å². The molecule has 2 heterocycles. The van der Waals surface area contributed by atoms with Crippen LogP contribution >= 0.6 is 11.8 Å². The quantitative estimate of drug-likeness (QED) is 0.853. The van der Waals surface area contributed by atoms with Crippen LogP contribution in [0.15, 0.2) is 12.1 Å². The molecule has 6 nitrogen and oxygen atoms in total. The average molecular weight is 378 g/mol. The van der Waals surface area contributed by atoms with Crippen molar-refractivity contribution in [1.29, 1.82) is 0 Å². The highest BCUT2D eigenvalue weighted by atomic mass is 32.2. The van der Waals surface area contributed by atoms with Crippen LogP contribution in [0.4, 0.5) is 0 Å². The fourth-order valence-corrected chi connectivity index (χ4v) is 5.24. The highest BCUT2D eigenvalue weighted by Gasteiger charge is 2.58. The summed E-state index contributed by atoms with van der Waals surface area (Å²) in [6, 6.07) is 3.18. The number of hydrogen-bond donors (Lipinski definition) is 1. The SMILES string of the molecule is COc1ccc2c(c1OC)C(=O)N1[C@@H](C(=O)NCC(C)C)C(C)(C)S[C@@H]21. The van der Waals surface area contributed by atoms with Crippen LogP contribution in [0.5, 0.6) is 11.5 Å². The second-order valence-electron chi connectivity index (χ2n) is 7.59. The first kappa shape index (κ1) is 18.9. The fourth-order valence-electron chi connectivity index (χ4n) is 3.66. The van der Waals surface area contributed by atoms with Crippen LogP contribution in [0, 0.1) is 5.92 Å². The van der Waals surface area contributed by atoms with Crippen molar-refractivity contribution in [1.82, 2.24) is 10.2 Å². The smallest absolute Gasteiger partial charge is 0.260 e. The van der Waals surface area contributed by atoms with E-state index in [1.54, 1.807) is 23.8 Å². The predicted molar refractivity (Wildman–Crippen MR) is 102 cm³/mol. The van der Waals surface area contributed by atoms with Crippen LogP contribution in [0.2, 0.25) is 0 Å². The molecule has 1 saturated heterocycles. The molecule has 0 unspecified atom stereocenters. The van der Waals surface area contributed by atoms with Gasteiger partial charge in [-0.3, -0.25) is 9.59 Å². The van der Waals surface area contributed by atoms with Gasteiger partial charge in [-0.25, -0.2) is 0 Å². The Kier molecular flexibility index (Phi) is 4.86. The van der Waals surface area contributed by atoms with Gasteiger partial charge in [-0.05, 0) is 25.8 Å². The van der Waals surface area contributed by atoms with Crippen LogP contribution in [0.3, 0.4) is 0 Å². The third kappa shape index (κ3) is 2.82. The number of methoxy groups -OCH3 is 2. The minimum atomic E-state index is -0.535. The number of fused-ring (bicyclic) bond motifs is 3. The Morgan fingerprint density at radius 3 is 2.58 bits per heavy atom. The molecule has 0 radical (unpaired) electrons. The summed E-state index contributed by atoms with van der Waals surface area (Å²) >= 11 is 1.64. The number of carbonyl (C=O) groups excluding carboxylic acids is 2. The fraction of sp³-hybridized carbons (Fsp3) is 0.579. The minimum absolute atomic E-state index is 0.106. The molecule has 2 amide bonds. The van der Waals surface area contributed by atoms with Gasteiger partial charge >= 0.3 is 0 Å². The first-order chi connectivity index (χ1) is 12.2. The van der Waals surface area contributed by atoms with E-state index in [0.717, 1.165) is 5.56 Å². The van der Waals surface area contributed by atoms with Gasteiger partial charge in [0.25, 0.3) is 5.91 Å². The van der Waals surface area contributed by atoms with Gasteiger partial charge in [-0.15, -0.1) is 11.8 Å². The van der Waals surface area contributed by atoms with Gasteiger partial charge in [-0.2, -0.15) is 0 Å². The summed E-state index contributed by atoms with van der Waals surface area (Å²) in [5, 5.41) is 2.80. The lowest BCUT2D eigenvalue weighted by atomic mass is 10.0. The van der Waals surface area contributed by atoms with E-state index >= 15 is 0 Å². The van der Waals surface area contributed by atoms with E-state index < -0.39 is 6.04 Å². The van der Waals surface area contributed by atoms with Gasteiger partial charge in [0.05, 0.1) is 19.8 Å². The van der Waals surface area contributed by atoms with Crippen molar-refractivity contribution in [3.8, 4) is 11.5 Å². The molecule has 1 N–H and O–H groups in total. The van der Waals surface area contributed by atoms with Gasteiger partial charge in [0.15, 0.2) is 11.5 Å². The zero-order chi connectivity index (χ0) is 19.2. The third-order valence-corrected chi connectivity index (χ3v) is 6.36. The van der Waals surface area contributed by atoms with Crippen molar-refractivity contribution in [3.05, 3.63) is 23.3 Å². The molecule has 2 atom stereocenters. The lowest BCUT2D eigenvalue weighted by Crippen LogP contribution is -2.52. The molecule has 0 aromatic heterocycles. The Labute approximate surface area is 158 Å². The van der Waals surface area contributed by atoms with Crippen LogP contribution in [-0.4, -0.2) is 48.3 Å². The van der Waals surface area contributed by atoms with Gasteiger partial charge in [0.1, 0.15) is 11.4 Å². The number of hydrogen-bond acceptors (Lipinski definition) is 5. The number of amides is 2. The van der Waals surface area contributed by atoms with Crippen LogP contribution in [0.1, 0.15) is 49.0 Å². The molecule has 26 heavy (non-hydrogen) atoms. The Hall–Kier alpha value is -1.89. The number of carbonyl (C=O) groups is 2. The van der Waals surface area contributed by atoms with E-state index in [2.05, 4.69) is 5.32 Å². The largest absolute Gasteiger partial charge is 0.493 e. The molecule has 142 valence electrons. The van der Waals surface area contributed by atoms with Gasteiger partial charge in [-0.1, -0.05) is 19.9 Å². The van der Waals surface area contributed by atoms with Crippen molar-refractivity contribution < 1.29 is 19.1 Å². The molecule has 1 fully saturated rings. The Morgan fingerprint density at radius 1 is 1.31 bits per heavy atom. The maximum absolute atomic E-state index is 13.3. The molecule has 0 bridgehead atoms. The second-order valence-corrected chi connectivity index (χ2v) is 9.33. The zero-order valence-corrected chi connectivity index (χ0v) is 16.9. The number of rotatable bonds is 5. The van der Waals surface area contributed by atoms with E-state index in [9.17, 15) is 9.59 Å². The molecule has 0 aliphatic carbocycles. The molecule has 0 spiro atoms. The molecular formula is C19H26N2O4S. The van der Waals surface area contributed by atoms with E-state index in [4.69, 9.17) is 9.47 Å². The monoisotopic (exact) mass is 378 g/mol. The highest BCUT2D eigenvalue weighted by Crippen LogP contribution is 2.58. The van der Waals surface area contributed by atoms with Gasteiger partial charge in [0.2, 0.25) is 5.91 Å². The second kappa shape index (κ2) is 6.68. The maximum atomic E-state index is 13.3. The maximum Gasteiger partial charge on any atom is 0.260 e. The molecule has 7 heteroatoms. The zero-order valence-electron chi connectivity index (χ0n) is 16.1. The average Bonchev–Trinajstić information content (AvgIpc) is 3.01. The predicted octanol–water partition coefficient (Wildman–Crippen LogP) is 2.82. The van der Waals surface area contributed by atoms with Gasteiger partial charge in [0, 0.05) is 16.9 Å². The van der Waals surface area contributed by atoms with Crippen LogP contribution in [0.25, 0.3) is 0 Å². The summed E-state index contributed by atoms with van der Waals surface area (Å²) in [6.45, 7) is 8.72. The summed E-state index contributed by atoms with van der Waals surface area (Å²) in [7, 11) is 3.07. The topological polar surface area (TPSA) is 67.9 Å². The molecule has 0 saturated carbocycles. The lowest BCUT2D eigenvalue weighted by Gasteiger charge is -2.29. The normalized spacial score (nSPS) is 23.0. The summed E-state index contributed by atoms with van der Waals surface area (Å²) in [5.41, 5.74) is 1.38. The lowest BCUT2D eigenvalue weighted by molar-refractivity contribution is -0.126. The standard InChI is InChI=1S/C19H26N2O4S/c1-10(2)9-20-16(22)15-19(3,4)26-18-11-7-8-12(24-5)14(25-6)13(11)17(23)21(15)18/h7-8,10,15,18H,9H2,1-6H3,(H,20,22)/t15-,18-/m0/s1. The molecule has 2 aliphatic rings. The Morgan fingerprint density at radius 2 is 2.00 bits per heavy atom. The van der Waals surface area contributed by atoms with Crippen molar-refractivity contribution >= 4 is 23.6 Å². The number of thioether (sulfide) groups is 1. The van der Waals surface area contributed by atoms with Crippen molar-refractivity contribution in [2.24, 2.45) is 5.92 Å². The Balaban J connectivity index is 2.01. The summed E-state index contributed by atoms with van der Waals surface area (Å²) in [4.78, 5) is 27.9. The number of nitrogens with one attached hydrogen (secondary N) is 1. The molecular weight excluding hydrogens is 352 g/mol.